The van der Waals surface area contributed by atoms with Crippen LogP contribution in [0.5, 0.6) is 0 Å². The maximum absolute atomic E-state index is 5.06. The topological polar surface area (TPSA) is 38.0 Å². The van der Waals surface area contributed by atoms with Gasteiger partial charge in [0.2, 0.25) is 0 Å². The second-order valence-electron chi connectivity index (χ2n) is 11.2. The Bertz CT molecular complexity index is 1330. The second kappa shape index (κ2) is 14.4. The Morgan fingerprint density at radius 2 is 1.79 bits per heavy atom. The van der Waals surface area contributed by atoms with E-state index in [0.29, 0.717) is 17.8 Å². The summed E-state index contributed by atoms with van der Waals surface area (Å²) in [6.45, 7) is 19.9. The van der Waals surface area contributed by atoms with E-state index in [0.717, 1.165) is 24.9 Å². The van der Waals surface area contributed by atoms with Crippen LogP contribution in [-0.2, 0) is 13.5 Å². The first-order chi connectivity index (χ1) is 18.7. The fraction of sp³-hybridized carbons (Fsp3) is 0.441. The van der Waals surface area contributed by atoms with Crippen LogP contribution in [0.15, 0.2) is 78.0 Å². The molecule has 3 aromatic rings. The van der Waals surface area contributed by atoms with Crippen molar-refractivity contribution in [2.24, 2.45) is 29.8 Å². The van der Waals surface area contributed by atoms with Crippen molar-refractivity contribution in [1.29, 1.82) is 0 Å². The van der Waals surface area contributed by atoms with Crippen LogP contribution < -0.4 is 0 Å². The van der Waals surface area contributed by atoms with Gasteiger partial charge < -0.3 is 0 Å². The van der Waals surface area contributed by atoms with Crippen LogP contribution in [0.1, 0.15) is 83.0 Å². The van der Waals surface area contributed by atoms with Gasteiger partial charge in [-0.25, -0.2) is 5.21 Å². The quantitative estimate of drug-likeness (QED) is 0.155. The Hall–Kier alpha value is -3.05. The first-order valence-electron chi connectivity index (χ1n) is 14.4. The number of aromatic amines is 1. The summed E-state index contributed by atoms with van der Waals surface area (Å²) in [5.41, 5.74) is 7.51. The van der Waals surface area contributed by atoms with Gasteiger partial charge in [-0.15, -0.1) is 11.3 Å². The average molecular weight is 545 g/mol. The van der Waals surface area contributed by atoms with Gasteiger partial charge in [-0.2, -0.15) is 9.59 Å². The summed E-state index contributed by atoms with van der Waals surface area (Å²) < 4.78 is 0. The standard InChI is InChI=1S/C34H48N4S/c1-10-14-29(31-16-12-13-17-32(31)38-36-37(38)9)22-28(24(3)4)19-18-26(7)34(25(5)6)35-23-27(8)33-21-20-30(39-33)15-11-2/h10,12-14,16-17,20-26,36H,1,11,15,18-19H2,2-9H3/b27-23+,28-22-,29-14+,35-34+. The zero-order chi connectivity index (χ0) is 28.5. The molecular formula is C34H48N4S. The molecule has 0 aliphatic rings. The van der Waals surface area contributed by atoms with Gasteiger partial charge in [0.15, 0.2) is 0 Å². The summed E-state index contributed by atoms with van der Waals surface area (Å²) in [4.78, 5) is 11.9. The fourth-order valence-electron chi connectivity index (χ4n) is 4.89. The summed E-state index contributed by atoms with van der Waals surface area (Å²) in [5.74, 6) is 1.27. The minimum Gasteiger partial charge on any atom is -0.265 e. The Morgan fingerprint density at radius 1 is 1.08 bits per heavy atom. The highest BCUT2D eigenvalue weighted by Crippen LogP contribution is 2.30. The SMILES string of the molecule is C=C/C=C(\C=C(\CCC(C)/C(=N/C=C(\C)c1ccc(CCC)s1)C(C)C)C(C)C)c1ccccc1-n1[nH]n1C. The fourth-order valence-corrected chi connectivity index (χ4v) is 5.96. The number of aromatic nitrogens is 3. The van der Waals surface area contributed by atoms with Crippen LogP contribution in [0.2, 0.25) is 0 Å². The molecule has 0 spiro atoms. The minimum atomic E-state index is 0.407. The zero-order valence-corrected chi connectivity index (χ0v) is 26.1. The summed E-state index contributed by atoms with van der Waals surface area (Å²) in [5, 5.41) is 3.24. The largest absolute Gasteiger partial charge is 0.265 e. The first kappa shape index (κ1) is 30.5. The van der Waals surface area contributed by atoms with Crippen LogP contribution >= 0.6 is 11.3 Å². The highest BCUT2D eigenvalue weighted by Gasteiger charge is 2.17. The molecule has 1 atom stereocenters. The molecule has 39 heavy (non-hydrogen) atoms. The number of allylic oxidation sites excluding steroid dienone is 6. The molecule has 0 saturated heterocycles. The van der Waals surface area contributed by atoms with Crippen molar-refractivity contribution in [3.05, 3.63) is 88.3 Å². The van der Waals surface area contributed by atoms with Crippen molar-refractivity contribution < 1.29 is 0 Å². The average Bonchev–Trinajstić information content (AvgIpc) is 3.44. The predicted molar refractivity (Wildman–Crippen MR) is 173 cm³/mol. The number of H-pyrrole nitrogens is 1. The number of nitrogens with zero attached hydrogens (tertiary/aromatic N) is 3. The molecule has 210 valence electrons. The molecule has 5 heteroatoms. The van der Waals surface area contributed by atoms with Crippen LogP contribution in [0.4, 0.5) is 0 Å². The van der Waals surface area contributed by atoms with Gasteiger partial charge in [0.25, 0.3) is 0 Å². The minimum absolute atomic E-state index is 0.407. The maximum Gasteiger partial charge on any atom is 0.0923 e. The highest BCUT2D eigenvalue weighted by molar-refractivity contribution is 7.13. The summed E-state index contributed by atoms with van der Waals surface area (Å²) >= 11 is 1.90. The molecule has 0 bridgehead atoms. The van der Waals surface area contributed by atoms with E-state index in [1.165, 1.54) is 44.2 Å². The third kappa shape index (κ3) is 8.47. The summed E-state index contributed by atoms with van der Waals surface area (Å²) in [6, 6.07) is 13.0. The smallest absolute Gasteiger partial charge is 0.0923 e. The summed E-state index contributed by atoms with van der Waals surface area (Å²) in [7, 11) is 2.01. The molecule has 0 aliphatic carbocycles. The van der Waals surface area contributed by atoms with Crippen molar-refractivity contribution in [3.63, 3.8) is 0 Å². The molecule has 2 aromatic heterocycles. The number of nitrogens with one attached hydrogen (secondary N) is 1. The van der Waals surface area contributed by atoms with Gasteiger partial charge in [0, 0.05) is 34.3 Å². The van der Waals surface area contributed by atoms with E-state index in [4.69, 9.17) is 4.99 Å². The molecule has 3 rings (SSSR count). The molecule has 0 amide bonds. The Morgan fingerprint density at radius 3 is 2.41 bits per heavy atom. The number of hydrogen-bond acceptors (Lipinski definition) is 2. The van der Waals surface area contributed by atoms with Crippen LogP contribution in [0.3, 0.4) is 0 Å². The van der Waals surface area contributed by atoms with E-state index < -0.39 is 0 Å². The number of aliphatic imine (C=N–C) groups is 1. The van der Waals surface area contributed by atoms with Crippen molar-refractivity contribution in [2.75, 3.05) is 0 Å². The number of hydrogen-bond donors (Lipinski definition) is 1. The van der Waals surface area contributed by atoms with Crippen molar-refractivity contribution in [3.8, 4) is 5.69 Å². The maximum atomic E-state index is 5.06. The number of benzene rings is 1. The van der Waals surface area contributed by atoms with Gasteiger partial charge >= 0.3 is 0 Å². The van der Waals surface area contributed by atoms with Crippen molar-refractivity contribution >= 4 is 28.2 Å². The molecule has 1 N–H and O–H groups in total. The molecule has 0 aliphatic heterocycles. The predicted octanol–water partition coefficient (Wildman–Crippen LogP) is 9.88. The number of thiophene rings is 1. The Labute approximate surface area is 240 Å². The van der Waals surface area contributed by atoms with Gasteiger partial charge in [-0.1, -0.05) is 96.5 Å². The van der Waals surface area contributed by atoms with E-state index in [1.807, 2.05) is 29.3 Å². The lowest BCUT2D eigenvalue weighted by atomic mass is 9.87. The number of aryl methyl sites for hydroxylation is 2. The van der Waals surface area contributed by atoms with Crippen LogP contribution in [-0.4, -0.2) is 20.5 Å². The normalized spacial score (nSPS) is 14.6. The van der Waals surface area contributed by atoms with E-state index in [9.17, 15) is 0 Å². The molecule has 1 unspecified atom stereocenters. The van der Waals surface area contributed by atoms with E-state index in [-0.39, 0.29) is 0 Å². The summed E-state index contributed by atoms with van der Waals surface area (Å²) in [6.07, 6.45) is 12.9. The zero-order valence-electron chi connectivity index (χ0n) is 25.3. The number of para-hydroxylation sites is 1. The van der Waals surface area contributed by atoms with Gasteiger partial charge in [-0.05, 0) is 73.3 Å². The van der Waals surface area contributed by atoms with Crippen molar-refractivity contribution in [2.45, 2.75) is 74.1 Å². The van der Waals surface area contributed by atoms with Gasteiger partial charge in [0.1, 0.15) is 0 Å². The van der Waals surface area contributed by atoms with E-state index in [1.54, 1.807) is 0 Å². The molecule has 0 radical (unpaired) electrons. The lowest BCUT2D eigenvalue weighted by Crippen LogP contribution is -2.18. The van der Waals surface area contributed by atoms with E-state index in [2.05, 4.69) is 120 Å². The van der Waals surface area contributed by atoms with Crippen molar-refractivity contribution in [1.82, 2.24) is 14.8 Å². The van der Waals surface area contributed by atoms with E-state index >= 15 is 0 Å². The lowest BCUT2D eigenvalue weighted by molar-refractivity contribution is 0.606. The van der Waals surface area contributed by atoms with Crippen LogP contribution in [0.25, 0.3) is 16.8 Å². The Kier molecular flexibility index (Phi) is 11.2. The first-order valence-corrected chi connectivity index (χ1v) is 15.2. The van der Waals surface area contributed by atoms with Gasteiger partial charge in [0.05, 0.1) is 5.69 Å². The lowest BCUT2D eigenvalue weighted by Gasteiger charge is -2.20. The van der Waals surface area contributed by atoms with Crippen LogP contribution in [0, 0.1) is 17.8 Å². The second-order valence-corrected chi connectivity index (χ2v) is 12.3. The third-order valence-electron chi connectivity index (χ3n) is 7.24. The molecule has 2 heterocycles. The highest BCUT2D eigenvalue weighted by atomic mass is 32.1. The number of rotatable bonds is 14. The Balaban J connectivity index is 1.80. The van der Waals surface area contributed by atoms with Gasteiger partial charge in [-0.3, -0.25) is 4.99 Å². The monoisotopic (exact) mass is 544 g/mol. The molecule has 1 aromatic carbocycles. The molecular weight excluding hydrogens is 496 g/mol. The molecule has 4 nitrogen and oxygen atoms in total. The molecule has 0 saturated carbocycles. The third-order valence-corrected chi connectivity index (χ3v) is 8.52. The molecule has 0 fully saturated rings.